The van der Waals surface area contributed by atoms with Crippen LogP contribution in [0, 0.1) is 6.92 Å². The molecule has 0 unspecified atom stereocenters. The van der Waals surface area contributed by atoms with Gasteiger partial charge < -0.3 is 5.11 Å². The van der Waals surface area contributed by atoms with Crippen molar-refractivity contribution in [1.82, 2.24) is 4.31 Å². The van der Waals surface area contributed by atoms with Crippen molar-refractivity contribution in [2.24, 2.45) is 0 Å². The second kappa shape index (κ2) is 4.94. The third kappa shape index (κ3) is 2.81. The van der Waals surface area contributed by atoms with Crippen molar-refractivity contribution in [2.45, 2.75) is 17.6 Å². The molecule has 7 heteroatoms. The Hall–Kier alpha value is -0.920. The van der Waals surface area contributed by atoms with Gasteiger partial charge in [-0.05, 0) is 23.9 Å². The molecule has 0 radical (unpaired) electrons. The summed E-state index contributed by atoms with van der Waals surface area (Å²) in [6, 6.07) is 1.72. The summed E-state index contributed by atoms with van der Waals surface area (Å²) in [6.07, 6.45) is -0.194. The average molecular weight is 263 g/mol. The van der Waals surface area contributed by atoms with E-state index in [1.165, 1.54) is 7.05 Å². The van der Waals surface area contributed by atoms with Crippen LogP contribution in [0.25, 0.3) is 0 Å². The molecule has 0 saturated heterocycles. The van der Waals surface area contributed by atoms with Crippen LogP contribution < -0.4 is 0 Å². The summed E-state index contributed by atoms with van der Waals surface area (Å²) in [5.41, 5.74) is 0.687. The van der Waals surface area contributed by atoms with Crippen LogP contribution in [0.2, 0.25) is 0 Å². The fourth-order valence-corrected chi connectivity index (χ4v) is 3.91. The molecule has 16 heavy (non-hydrogen) atoms. The minimum absolute atomic E-state index is 0.0188. The third-order valence-electron chi connectivity index (χ3n) is 2.10. The predicted molar refractivity (Wildman–Crippen MR) is 61.1 cm³/mol. The topological polar surface area (TPSA) is 74.7 Å². The zero-order chi connectivity index (χ0) is 12.3. The Labute approximate surface area is 98.4 Å². The molecule has 0 aromatic carbocycles. The van der Waals surface area contributed by atoms with Crippen molar-refractivity contribution in [3.05, 3.63) is 17.0 Å². The Morgan fingerprint density at radius 3 is 2.62 bits per heavy atom. The van der Waals surface area contributed by atoms with E-state index in [0.717, 1.165) is 15.6 Å². The smallest absolute Gasteiger partial charge is 0.304 e. The summed E-state index contributed by atoms with van der Waals surface area (Å²) in [5.74, 6) is -1.01. The van der Waals surface area contributed by atoms with E-state index >= 15 is 0 Å². The van der Waals surface area contributed by atoms with Crippen LogP contribution in [0.5, 0.6) is 0 Å². The number of sulfonamides is 1. The first-order valence-corrected chi connectivity index (χ1v) is 6.90. The molecule has 0 amide bonds. The van der Waals surface area contributed by atoms with E-state index in [-0.39, 0.29) is 17.2 Å². The molecular formula is C9H13NO4S2. The van der Waals surface area contributed by atoms with Gasteiger partial charge in [-0.1, -0.05) is 0 Å². The van der Waals surface area contributed by atoms with E-state index in [4.69, 9.17) is 5.11 Å². The van der Waals surface area contributed by atoms with Crippen molar-refractivity contribution in [1.29, 1.82) is 0 Å². The van der Waals surface area contributed by atoms with Gasteiger partial charge in [-0.25, -0.2) is 8.42 Å². The van der Waals surface area contributed by atoms with Crippen LogP contribution in [-0.4, -0.2) is 37.4 Å². The van der Waals surface area contributed by atoms with Gasteiger partial charge in [0.15, 0.2) is 0 Å². The van der Waals surface area contributed by atoms with Crippen LogP contribution in [0.3, 0.4) is 0 Å². The molecular weight excluding hydrogens is 250 g/mol. The molecule has 90 valence electrons. The molecule has 0 aliphatic carbocycles. The SMILES string of the molecule is Cc1ccsc1S(=O)(=O)N(C)CCC(=O)O. The number of carbonyl (C=O) groups is 1. The Morgan fingerprint density at radius 1 is 1.56 bits per heavy atom. The number of hydrogen-bond acceptors (Lipinski definition) is 4. The highest BCUT2D eigenvalue weighted by molar-refractivity contribution is 7.91. The number of carboxylic acid groups (broad SMARTS) is 1. The molecule has 0 spiro atoms. The Balaban J connectivity index is 2.86. The number of thiophene rings is 1. The molecule has 1 N–H and O–H groups in total. The number of rotatable bonds is 5. The van der Waals surface area contributed by atoms with Crippen LogP contribution in [0.1, 0.15) is 12.0 Å². The van der Waals surface area contributed by atoms with Gasteiger partial charge in [0, 0.05) is 13.6 Å². The molecule has 1 rings (SSSR count). The molecule has 0 fully saturated rings. The zero-order valence-corrected chi connectivity index (χ0v) is 10.6. The van der Waals surface area contributed by atoms with Gasteiger partial charge in [-0.15, -0.1) is 11.3 Å². The fourth-order valence-electron chi connectivity index (χ4n) is 1.14. The van der Waals surface area contributed by atoms with E-state index in [1.54, 1.807) is 18.4 Å². The third-order valence-corrected chi connectivity index (χ3v) is 5.62. The lowest BCUT2D eigenvalue weighted by molar-refractivity contribution is -0.137. The molecule has 0 bridgehead atoms. The first-order chi connectivity index (χ1) is 7.35. The van der Waals surface area contributed by atoms with Gasteiger partial charge in [0.2, 0.25) is 0 Å². The van der Waals surface area contributed by atoms with Crippen molar-refractivity contribution in [2.75, 3.05) is 13.6 Å². The van der Waals surface area contributed by atoms with Crippen LogP contribution >= 0.6 is 11.3 Å². The van der Waals surface area contributed by atoms with E-state index in [2.05, 4.69) is 0 Å². The molecule has 0 aliphatic rings. The van der Waals surface area contributed by atoms with Crippen molar-refractivity contribution in [3.8, 4) is 0 Å². The van der Waals surface area contributed by atoms with Crippen molar-refractivity contribution >= 4 is 27.3 Å². The van der Waals surface area contributed by atoms with Crippen molar-refractivity contribution < 1.29 is 18.3 Å². The van der Waals surface area contributed by atoms with Gasteiger partial charge in [0.25, 0.3) is 10.0 Å². The van der Waals surface area contributed by atoms with E-state index < -0.39 is 16.0 Å². The summed E-state index contributed by atoms with van der Waals surface area (Å²) in [4.78, 5) is 10.4. The number of carboxylic acids is 1. The van der Waals surface area contributed by atoms with E-state index in [9.17, 15) is 13.2 Å². The van der Waals surface area contributed by atoms with Gasteiger partial charge in [0.1, 0.15) is 4.21 Å². The van der Waals surface area contributed by atoms with Crippen LogP contribution in [0.15, 0.2) is 15.7 Å². The van der Waals surface area contributed by atoms with Gasteiger partial charge in [0.05, 0.1) is 6.42 Å². The second-order valence-corrected chi connectivity index (χ2v) is 6.52. The van der Waals surface area contributed by atoms with Crippen LogP contribution in [0.4, 0.5) is 0 Å². The normalized spacial score (nSPS) is 11.9. The molecule has 0 saturated carbocycles. The number of aliphatic carboxylic acids is 1. The lowest BCUT2D eigenvalue weighted by atomic mass is 10.4. The lowest BCUT2D eigenvalue weighted by Gasteiger charge is -2.15. The predicted octanol–water partition coefficient (Wildman–Crippen LogP) is 1.15. The fraction of sp³-hybridized carbons (Fsp3) is 0.444. The van der Waals surface area contributed by atoms with E-state index in [1.807, 2.05) is 0 Å². The minimum Gasteiger partial charge on any atom is -0.481 e. The van der Waals surface area contributed by atoms with Crippen molar-refractivity contribution in [3.63, 3.8) is 0 Å². The second-order valence-electron chi connectivity index (χ2n) is 3.36. The molecule has 1 aromatic heterocycles. The average Bonchev–Trinajstić information content (AvgIpc) is 2.61. The number of hydrogen-bond donors (Lipinski definition) is 1. The highest BCUT2D eigenvalue weighted by atomic mass is 32.2. The summed E-state index contributed by atoms with van der Waals surface area (Å²) >= 11 is 1.14. The maximum Gasteiger partial charge on any atom is 0.304 e. The Morgan fingerprint density at radius 2 is 2.19 bits per heavy atom. The Kier molecular flexibility index (Phi) is 4.06. The quantitative estimate of drug-likeness (QED) is 0.864. The number of aryl methyl sites for hydroxylation is 1. The Bertz CT molecular complexity index is 477. The van der Waals surface area contributed by atoms with E-state index in [0.29, 0.717) is 5.56 Å². The summed E-state index contributed by atoms with van der Waals surface area (Å²) in [7, 11) is -2.15. The molecule has 0 atom stereocenters. The highest BCUT2D eigenvalue weighted by Gasteiger charge is 2.24. The monoisotopic (exact) mass is 263 g/mol. The first-order valence-electron chi connectivity index (χ1n) is 4.58. The largest absolute Gasteiger partial charge is 0.481 e. The summed E-state index contributed by atoms with van der Waals surface area (Å²) in [6.45, 7) is 1.70. The lowest BCUT2D eigenvalue weighted by Crippen LogP contribution is -2.29. The summed E-state index contributed by atoms with van der Waals surface area (Å²) in [5, 5.41) is 10.2. The maximum absolute atomic E-state index is 12.0. The van der Waals surface area contributed by atoms with Gasteiger partial charge >= 0.3 is 5.97 Å². The maximum atomic E-state index is 12.0. The molecule has 1 aromatic rings. The number of nitrogens with zero attached hydrogens (tertiary/aromatic N) is 1. The van der Waals surface area contributed by atoms with Gasteiger partial charge in [-0.3, -0.25) is 4.79 Å². The summed E-state index contributed by atoms with van der Waals surface area (Å²) < 4.78 is 25.3. The van der Waals surface area contributed by atoms with Gasteiger partial charge in [-0.2, -0.15) is 4.31 Å². The minimum atomic E-state index is -3.53. The molecule has 5 nitrogen and oxygen atoms in total. The molecule has 1 heterocycles. The highest BCUT2D eigenvalue weighted by Crippen LogP contribution is 2.24. The first kappa shape index (κ1) is 13.1. The zero-order valence-electron chi connectivity index (χ0n) is 9.00. The standard InChI is InChI=1S/C9H13NO4S2/c1-7-4-6-15-9(7)16(13,14)10(2)5-3-8(11)12/h4,6H,3,5H2,1-2H3,(H,11,12). The van der Waals surface area contributed by atoms with Crippen LogP contribution in [-0.2, 0) is 14.8 Å². The molecule has 0 aliphatic heterocycles.